The summed E-state index contributed by atoms with van der Waals surface area (Å²) in [4.78, 5) is 3.96. The Balaban J connectivity index is 2.98. The first-order valence-corrected chi connectivity index (χ1v) is 4.27. The minimum atomic E-state index is -0.259. The van der Waals surface area contributed by atoms with Crippen LogP contribution < -0.4 is 0 Å². The van der Waals surface area contributed by atoms with Gasteiger partial charge in [0.05, 0.1) is 0 Å². The predicted octanol–water partition coefficient (Wildman–Crippen LogP) is 2.54. The number of fused-ring (bicyclic) bond motifs is 1. The summed E-state index contributed by atoms with van der Waals surface area (Å²) in [6.45, 7) is 1.90. The zero-order valence-corrected chi connectivity index (χ0v) is 7.97. The van der Waals surface area contributed by atoms with E-state index in [-0.39, 0.29) is 5.82 Å². The molecule has 62 valence electrons. The van der Waals surface area contributed by atoms with Crippen LogP contribution in [0.1, 0.15) is 5.69 Å². The quantitative estimate of drug-likeness (QED) is 0.678. The van der Waals surface area contributed by atoms with Crippen molar-refractivity contribution in [2.24, 2.45) is 0 Å². The topological polar surface area (TPSA) is 17.3 Å². The van der Waals surface area contributed by atoms with E-state index < -0.39 is 0 Å². The monoisotopic (exact) mass is 228 g/mol. The number of imidazole rings is 1. The van der Waals surface area contributed by atoms with Gasteiger partial charge < -0.3 is 0 Å². The minimum Gasteiger partial charge on any atom is -0.300 e. The molecule has 0 atom stereocenters. The smallest absolute Gasteiger partial charge is 0.150 e. The summed E-state index contributed by atoms with van der Waals surface area (Å²) in [6, 6.07) is 3.16. The Morgan fingerprint density at radius 1 is 1.50 bits per heavy atom. The summed E-state index contributed by atoms with van der Waals surface area (Å²) < 4.78 is 15.4. The standard InChI is InChI=1S/C8H6BrFN2/c1-5-2-3-6(10)7-8(9)11-4-12(5)7/h2-4H,1H3. The average molecular weight is 229 g/mol. The van der Waals surface area contributed by atoms with E-state index in [0.717, 1.165) is 5.69 Å². The molecule has 0 saturated heterocycles. The number of hydrogen-bond acceptors (Lipinski definition) is 1. The Morgan fingerprint density at radius 3 is 2.92 bits per heavy atom. The molecule has 0 fully saturated rings. The molecule has 0 saturated carbocycles. The van der Waals surface area contributed by atoms with E-state index in [9.17, 15) is 4.39 Å². The Kier molecular flexibility index (Phi) is 1.65. The maximum Gasteiger partial charge on any atom is 0.150 e. The third-order valence-corrected chi connectivity index (χ3v) is 2.38. The number of aromatic nitrogens is 2. The van der Waals surface area contributed by atoms with Crippen LogP contribution >= 0.6 is 15.9 Å². The second-order valence-electron chi connectivity index (χ2n) is 2.58. The predicted molar refractivity (Wildman–Crippen MR) is 47.6 cm³/mol. The van der Waals surface area contributed by atoms with Gasteiger partial charge in [0.2, 0.25) is 0 Å². The third-order valence-electron chi connectivity index (χ3n) is 1.80. The molecule has 2 aromatic rings. The van der Waals surface area contributed by atoms with Gasteiger partial charge in [-0.15, -0.1) is 0 Å². The molecule has 2 heterocycles. The number of aryl methyl sites for hydroxylation is 1. The van der Waals surface area contributed by atoms with Crippen molar-refractivity contribution in [1.29, 1.82) is 0 Å². The van der Waals surface area contributed by atoms with E-state index in [1.54, 1.807) is 16.8 Å². The van der Waals surface area contributed by atoms with Gasteiger partial charge in [0.15, 0.2) is 0 Å². The van der Waals surface area contributed by atoms with Crippen LogP contribution in [0.25, 0.3) is 5.52 Å². The molecule has 0 aliphatic heterocycles. The molecule has 0 aliphatic carbocycles. The fourth-order valence-electron chi connectivity index (χ4n) is 1.16. The van der Waals surface area contributed by atoms with E-state index >= 15 is 0 Å². The van der Waals surface area contributed by atoms with Gasteiger partial charge in [0.25, 0.3) is 0 Å². The van der Waals surface area contributed by atoms with Crippen LogP contribution in [-0.4, -0.2) is 9.38 Å². The first-order valence-electron chi connectivity index (χ1n) is 3.48. The Morgan fingerprint density at radius 2 is 2.25 bits per heavy atom. The molecular formula is C8H6BrFN2. The molecule has 0 bridgehead atoms. The highest BCUT2D eigenvalue weighted by Crippen LogP contribution is 2.20. The van der Waals surface area contributed by atoms with E-state index in [4.69, 9.17) is 0 Å². The number of pyridine rings is 1. The van der Waals surface area contributed by atoms with Crippen molar-refractivity contribution in [1.82, 2.24) is 9.38 Å². The van der Waals surface area contributed by atoms with Gasteiger partial charge in [-0.2, -0.15) is 0 Å². The van der Waals surface area contributed by atoms with Crippen LogP contribution in [0.15, 0.2) is 23.1 Å². The summed E-state index contributed by atoms with van der Waals surface area (Å²) in [6.07, 6.45) is 1.60. The zero-order valence-electron chi connectivity index (χ0n) is 6.38. The SMILES string of the molecule is Cc1ccc(F)c2c(Br)ncn12. The van der Waals surface area contributed by atoms with Gasteiger partial charge in [-0.3, -0.25) is 4.40 Å². The Bertz CT molecular complexity index is 436. The molecule has 0 aliphatic rings. The fourth-order valence-corrected chi connectivity index (χ4v) is 1.63. The van der Waals surface area contributed by atoms with Crippen LogP contribution in [0.5, 0.6) is 0 Å². The van der Waals surface area contributed by atoms with Crippen molar-refractivity contribution in [2.45, 2.75) is 6.92 Å². The first-order chi connectivity index (χ1) is 5.70. The Hall–Kier alpha value is -0.900. The lowest BCUT2D eigenvalue weighted by Gasteiger charge is -1.99. The Labute approximate surface area is 77.2 Å². The van der Waals surface area contributed by atoms with Crippen LogP contribution in [0, 0.1) is 12.7 Å². The maximum atomic E-state index is 13.2. The minimum absolute atomic E-state index is 0.259. The van der Waals surface area contributed by atoms with Crippen molar-refractivity contribution < 1.29 is 4.39 Å². The molecule has 0 aromatic carbocycles. The highest BCUT2D eigenvalue weighted by molar-refractivity contribution is 9.10. The van der Waals surface area contributed by atoms with Crippen LogP contribution in [0.4, 0.5) is 4.39 Å². The number of nitrogens with zero attached hydrogens (tertiary/aromatic N) is 2. The molecule has 2 rings (SSSR count). The molecule has 2 aromatic heterocycles. The lowest BCUT2D eigenvalue weighted by molar-refractivity contribution is 0.631. The summed E-state index contributed by atoms with van der Waals surface area (Å²) in [5.74, 6) is -0.259. The molecule has 12 heavy (non-hydrogen) atoms. The van der Waals surface area contributed by atoms with Crippen molar-refractivity contribution in [3.05, 3.63) is 34.6 Å². The number of halogens is 2. The van der Waals surface area contributed by atoms with Crippen molar-refractivity contribution in [3.63, 3.8) is 0 Å². The zero-order chi connectivity index (χ0) is 8.72. The third kappa shape index (κ3) is 0.948. The van der Waals surface area contributed by atoms with Crippen LogP contribution in [0.3, 0.4) is 0 Å². The summed E-state index contributed by atoms with van der Waals surface area (Å²) in [7, 11) is 0. The lowest BCUT2D eigenvalue weighted by atomic mass is 10.3. The van der Waals surface area contributed by atoms with Gasteiger partial charge in [0.1, 0.15) is 22.3 Å². The van der Waals surface area contributed by atoms with Gasteiger partial charge in [0, 0.05) is 5.69 Å². The molecule has 2 nitrogen and oxygen atoms in total. The van der Waals surface area contributed by atoms with Crippen molar-refractivity contribution in [2.75, 3.05) is 0 Å². The van der Waals surface area contributed by atoms with E-state index in [1.165, 1.54) is 6.07 Å². The summed E-state index contributed by atoms with van der Waals surface area (Å²) >= 11 is 3.18. The highest BCUT2D eigenvalue weighted by atomic mass is 79.9. The fraction of sp³-hybridized carbons (Fsp3) is 0.125. The molecule has 0 spiro atoms. The molecule has 0 unspecified atom stereocenters. The lowest BCUT2D eigenvalue weighted by Crippen LogP contribution is -1.91. The average Bonchev–Trinajstić information content (AvgIpc) is 2.42. The van der Waals surface area contributed by atoms with Crippen LogP contribution in [0.2, 0.25) is 0 Å². The molecule has 0 radical (unpaired) electrons. The normalized spacial score (nSPS) is 10.9. The van der Waals surface area contributed by atoms with Gasteiger partial charge in [-0.25, -0.2) is 9.37 Å². The van der Waals surface area contributed by atoms with E-state index in [1.807, 2.05) is 6.92 Å². The van der Waals surface area contributed by atoms with Gasteiger partial charge in [-0.1, -0.05) is 0 Å². The molecule has 4 heteroatoms. The van der Waals surface area contributed by atoms with E-state index in [2.05, 4.69) is 20.9 Å². The second kappa shape index (κ2) is 2.55. The number of rotatable bonds is 0. The van der Waals surface area contributed by atoms with Crippen LogP contribution in [-0.2, 0) is 0 Å². The summed E-state index contributed by atoms with van der Waals surface area (Å²) in [5.41, 5.74) is 1.46. The molecule has 0 N–H and O–H groups in total. The summed E-state index contributed by atoms with van der Waals surface area (Å²) in [5, 5.41) is 0. The van der Waals surface area contributed by atoms with Gasteiger partial charge in [-0.05, 0) is 35.0 Å². The largest absolute Gasteiger partial charge is 0.300 e. The van der Waals surface area contributed by atoms with Crippen molar-refractivity contribution in [3.8, 4) is 0 Å². The first kappa shape index (κ1) is 7.73. The maximum absolute atomic E-state index is 13.2. The highest BCUT2D eigenvalue weighted by Gasteiger charge is 2.07. The van der Waals surface area contributed by atoms with Gasteiger partial charge >= 0.3 is 0 Å². The molecular weight excluding hydrogens is 223 g/mol. The molecule has 0 amide bonds. The number of hydrogen-bond donors (Lipinski definition) is 0. The van der Waals surface area contributed by atoms with Crippen molar-refractivity contribution >= 4 is 21.4 Å². The van der Waals surface area contributed by atoms with E-state index in [0.29, 0.717) is 10.1 Å². The second-order valence-corrected chi connectivity index (χ2v) is 3.33.